The van der Waals surface area contributed by atoms with Crippen LogP contribution < -0.4 is 10.0 Å². The van der Waals surface area contributed by atoms with Gasteiger partial charge in [-0.3, -0.25) is 19.6 Å². The SMILES string of the molecule is CC(C)CC(=O)Nc1ccc(NS(=O)(=O)c2ccc([N+](=O)[O-])cc2)cc1. The summed E-state index contributed by atoms with van der Waals surface area (Å²) in [4.78, 5) is 21.7. The summed E-state index contributed by atoms with van der Waals surface area (Å²) in [5.41, 5.74) is 0.685. The van der Waals surface area contributed by atoms with Crippen LogP contribution in [-0.2, 0) is 14.8 Å². The van der Waals surface area contributed by atoms with E-state index < -0.39 is 14.9 Å². The second-order valence-electron chi connectivity index (χ2n) is 6.08. The van der Waals surface area contributed by atoms with Gasteiger partial charge in [0.25, 0.3) is 15.7 Å². The molecule has 0 aliphatic heterocycles. The third-order valence-electron chi connectivity index (χ3n) is 3.37. The maximum absolute atomic E-state index is 12.3. The lowest BCUT2D eigenvalue weighted by Gasteiger charge is -2.10. The fourth-order valence-electron chi connectivity index (χ4n) is 2.17. The van der Waals surface area contributed by atoms with Crippen molar-refractivity contribution in [2.24, 2.45) is 5.92 Å². The van der Waals surface area contributed by atoms with Crippen LogP contribution >= 0.6 is 0 Å². The molecule has 0 fully saturated rings. The summed E-state index contributed by atoms with van der Waals surface area (Å²) in [5.74, 6) is 0.127. The Hall–Kier alpha value is -2.94. The Labute approximate surface area is 151 Å². The van der Waals surface area contributed by atoms with Crippen molar-refractivity contribution >= 4 is 33.0 Å². The van der Waals surface area contributed by atoms with Crippen molar-refractivity contribution in [2.75, 3.05) is 10.0 Å². The zero-order chi connectivity index (χ0) is 19.3. The van der Waals surface area contributed by atoms with E-state index >= 15 is 0 Å². The second-order valence-corrected chi connectivity index (χ2v) is 7.76. The molecule has 0 atom stereocenters. The van der Waals surface area contributed by atoms with E-state index in [-0.39, 0.29) is 22.4 Å². The topological polar surface area (TPSA) is 118 Å². The number of non-ortho nitro benzene ring substituents is 1. The van der Waals surface area contributed by atoms with Crippen LogP contribution in [0.15, 0.2) is 53.4 Å². The number of carbonyl (C=O) groups excluding carboxylic acids is 1. The predicted octanol–water partition coefficient (Wildman–Crippen LogP) is 3.38. The first-order valence-corrected chi connectivity index (χ1v) is 9.33. The normalized spacial score (nSPS) is 11.2. The van der Waals surface area contributed by atoms with Gasteiger partial charge in [0.15, 0.2) is 0 Å². The molecule has 2 rings (SSSR count). The molecule has 0 spiro atoms. The largest absolute Gasteiger partial charge is 0.326 e. The highest BCUT2D eigenvalue weighted by Gasteiger charge is 2.16. The van der Waals surface area contributed by atoms with Crippen LogP contribution in [0.5, 0.6) is 0 Å². The number of carbonyl (C=O) groups is 1. The molecule has 26 heavy (non-hydrogen) atoms. The molecule has 2 N–H and O–H groups in total. The summed E-state index contributed by atoms with van der Waals surface area (Å²) in [6, 6.07) is 10.8. The number of hydrogen-bond acceptors (Lipinski definition) is 5. The fourth-order valence-corrected chi connectivity index (χ4v) is 3.22. The van der Waals surface area contributed by atoms with Crippen LogP contribution in [0.4, 0.5) is 17.1 Å². The van der Waals surface area contributed by atoms with Crippen molar-refractivity contribution in [3.8, 4) is 0 Å². The number of rotatable bonds is 7. The number of nitrogens with zero attached hydrogens (tertiary/aromatic N) is 1. The van der Waals surface area contributed by atoms with Gasteiger partial charge in [-0.15, -0.1) is 0 Å². The fraction of sp³-hybridized carbons (Fsp3) is 0.235. The second kappa shape index (κ2) is 7.96. The van der Waals surface area contributed by atoms with E-state index in [0.29, 0.717) is 17.8 Å². The minimum Gasteiger partial charge on any atom is -0.326 e. The van der Waals surface area contributed by atoms with Crippen LogP contribution in [0.2, 0.25) is 0 Å². The first-order valence-electron chi connectivity index (χ1n) is 7.84. The number of nitro benzene ring substituents is 1. The minimum absolute atomic E-state index is 0.0857. The molecule has 2 aromatic carbocycles. The number of sulfonamides is 1. The molecule has 0 saturated heterocycles. The summed E-state index contributed by atoms with van der Waals surface area (Å²) in [7, 11) is -3.87. The Kier molecular flexibility index (Phi) is 5.93. The number of nitro groups is 1. The van der Waals surface area contributed by atoms with Crippen molar-refractivity contribution in [3.63, 3.8) is 0 Å². The standard InChI is InChI=1S/C17H19N3O5S/c1-12(2)11-17(21)18-13-3-5-14(6-4-13)19-26(24,25)16-9-7-15(8-10-16)20(22)23/h3-10,12,19H,11H2,1-2H3,(H,18,21). The molecule has 0 aliphatic rings. The first-order chi connectivity index (χ1) is 12.2. The molecule has 0 aromatic heterocycles. The molecule has 8 nitrogen and oxygen atoms in total. The van der Waals surface area contributed by atoms with Crippen LogP contribution in [0.25, 0.3) is 0 Å². The lowest BCUT2D eigenvalue weighted by molar-refractivity contribution is -0.384. The van der Waals surface area contributed by atoms with Crippen molar-refractivity contribution < 1.29 is 18.1 Å². The van der Waals surface area contributed by atoms with Crippen molar-refractivity contribution in [1.29, 1.82) is 0 Å². The molecule has 2 aromatic rings. The minimum atomic E-state index is -3.87. The predicted molar refractivity (Wildman–Crippen MR) is 98.4 cm³/mol. The molecule has 9 heteroatoms. The average Bonchev–Trinajstić information content (AvgIpc) is 2.55. The zero-order valence-corrected chi connectivity index (χ0v) is 15.1. The van der Waals surface area contributed by atoms with Gasteiger partial charge in [0.05, 0.1) is 9.82 Å². The molecule has 0 unspecified atom stereocenters. The van der Waals surface area contributed by atoms with E-state index in [1.807, 2.05) is 13.8 Å². The molecular weight excluding hydrogens is 358 g/mol. The maximum Gasteiger partial charge on any atom is 0.269 e. The third kappa shape index (κ3) is 5.28. The molecule has 0 saturated carbocycles. The van der Waals surface area contributed by atoms with E-state index in [2.05, 4.69) is 10.0 Å². The zero-order valence-electron chi connectivity index (χ0n) is 14.3. The highest BCUT2D eigenvalue weighted by Crippen LogP contribution is 2.20. The summed E-state index contributed by atoms with van der Waals surface area (Å²) in [5, 5.41) is 13.4. The summed E-state index contributed by atoms with van der Waals surface area (Å²) < 4.78 is 27.0. The highest BCUT2D eigenvalue weighted by atomic mass is 32.2. The Morgan fingerprint density at radius 3 is 2.08 bits per heavy atom. The lowest BCUT2D eigenvalue weighted by Crippen LogP contribution is -2.14. The van der Waals surface area contributed by atoms with E-state index in [4.69, 9.17) is 0 Å². The number of anilines is 2. The molecule has 1 amide bonds. The van der Waals surface area contributed by atoms with E-state index in [1.165, 1.54) is 24.3 Å². The van der Waals surface area contributed by atoms with Gasteiger partial charge in [-0.05, 0) is 42.3 Å². The molecule has 0 heterocycles. The van der Waals surface area contributed by atoms with Crippen LogP contribution in [0, 0.1) is 16.0 Å². The summed E-state index contributed by atoms with van der Waals surface area (Å²) in [6.07, 6.45) is 0.397. The van der Waals surface area contributed by atoms with Crippen LogP contribution in [0.3, 0.4) is 0 Å². The van der Waals surface area contributed by atoms with Gasteiger partial charge in [0.1, 0.15) is 0 Å². The number of hydrogen-bond donors (Lipinski definition) is 2. The Bertz CT molecular complexity index is 891. The van der Waals surface area contributed by atoms with Gasteiger partial charge in [-0.25, -0.2) is 8.42 Å². The monoisotopic (exact) mass is 377 g/mol. The number of nitrogens with one attached hydrogen (secondary N) is 2. The summed E-state index contributed by atoms with van der Waals surface area (Å²) in [6.45, 7) is 3.88. The molecule has 0 bridgehead atoms. The van der Waals surface area contributed by atoms with E-state index in [9.17, 15) is 23.3 Å². The Balaban J connectivity index is 2.07. The van der Waals surface area contributed by atoms with Crippen LogP contribution in [-0.4, -0.2) is 19.2 Å². The first kappa shape index (κ1) is 19.4. The van der Waals surface area contributed by atoms with E-state index in [0.717, 1.165) is 12.1 Å². The van der Waals surface area contributed by atoms with Gasteiger partial charge in [-0.2, -0.15) is 0 Å². The maximum atomic E-state index is 12.3. The lowest BCUT2D eigenvalue weighted by atomic mass is 10.1. The highest BCUT2D eigenvalue weighted by molar-refractivity contribution is 7.92. The number of benzene rings is 2. The third-order valence-corrected chi connectivity index (χ3v) is 4.77. The van der Waals surface area contributed by atoms with E-state index in [1.54, 1.807) is 12.1 Å². The van der Waals surface area contributed by atoms with Gasteiger partial charge >= 0.3 is 0 Å². The molecule has 138 valence electrons. The quantitative estimate of drug-likeness (QED) is 0.566. The van der Waals surface area contributed by atoms with Gasteiger partial charge in [0.2, 0.25) is 5.91 Å². The van der Waals surface area contributed by atoms with Crippen molar-refractivity contribution in [3.05, 3.63) is 58.6 Å². The smallest absolute Gasteiger partial charge is 0.269 e. The summed E-state index contributed by atoms with van der Waals surface area (Å²) >= 11 is 0. The van der Waals surface area contributed by atoms with Crippen LogP contribution in [0.1, 0.15) is 20.3 Å². The Morgan fingerprint density at radius 1 is 1.04 bits per heavy atom. The van der Waals surface area contributed by atoms with Crippen molar-refractivity contribution in [1.82, 2.24) is 0 Å². The van der Waals surface area contributed by atoms with Crippen molar-refractivity contribution in [2.45, 2.75) is 25.2 Å². The molecule has 0 radical (unpaired) electrons. The Morgan fingerprint density at radius 2 is 1.58 bits per heavy atom. The molecular formula is C17H19N3O5S. The molecule has 0 aliphatic carbocycles. The average molecular weight is 377 g/mol. The number of amides is 1. The van der Waals surface area contributed by atoms with Gasteiger partial charge in [0, 0.05) is 29.9 Å². The van der Waals surface area contributed by atoms with Gasteiger partial charge < -0.3 is 5.32 Å². The van der Waals surface area contributed by atoms with Gasteiger partial charge in [-0.1, -0.05) is 13.8 Å².